The summed E-state index contributed by atoms with van der Waals surface area (Å²) in [5, 5.41) is 1.07. The summed E-state index contributed by atoms with van der Waals surface area (Å²) < 4.78 is 0. The Morgan fingerprint density at radius 1 is 0.917 bits per heavy atom. The van der Waals surface area contributed by atoms with Crippen LogP contribution in [0.1, 0.15) is 11.4 Å². The molecule has 0 spiro atoms. The van der Waals surface area contributed by atoms with Crippen molar-refractivity contribution in [1.82, 2.24) is 15.0 Å². The Hall–Kier alpha value is -1.77. The van der Waals surface area contributed by atoms with Crippen molar-refractivity contribution in [2.45, 2.75) is 0 Å². The molecule has 0 radical (unpaired) electrons. The number of hydrogen-bond acceptors (Lipinski definition) is 3. The molecule has 0 fully saturated rings. The van der Waals surface area contributed by atoms with Crippen molar-refractivity contribution in [3.63, 3.8) is 0 Å². The lowest BCUT2D eigenvalue weighted by Crippen LogP contribution is -1.87. The molecule has 0 aliphatic heterocycles. The second kappa shape index (κ2) is 1.88. The number of aromatic nitrogens is 3. The highest BCUT2D eigenvalue weighted by molar-refractivity contribution is 6.00. The molecule has 12 heavy (non-hydrogen) atoms. The monoisotopic (exact) mass is 155 g/mol. The van der Waals surface area contributed by atoms with Crippen LogP contribution in [0.25, 0.3) is 23.1 Å². The van der Waals surface area contributed by atoms with E-state index < -0.39 is 0 Å². The summed E-state index contributed by atoms with van der Waals surface area (Å²) in [7, 11) is 0. The minimum absolute atomic E-state index is 0.968. The molecular weight excluding hydrogens is 150 g/mol. The molecule has 2 aromatic heterocycles. The quantitative estimate of drug-likeness (QED) is 0.494. The van der Waals surface area contributed by atoms with E-state index in [1.54, 1.807) is 12.5 Å². The normalized spacial score (nSPS) is 12.7. The standard InChI is InChI=1S/C9H5N3/c1-2-7-9-6(1)10-4-3-8(9)12-5-11-7/h1-5H. The van der Waals surface area contributed by atoms with Gasteiger partial charge in [0.2, 0.25) is 0 Å². The molecule has 3 heteroatoms. The Bertz CT molecular complexity index is 447. The third kappa shape index (κ3) is 0.580. The third-order valence-corrected chi connectivity index (χ3v) is 2.01. The van der Waals surface area contributed by atoms with Gasteiger partial charge < -0.3 is 0 Å². The molecule has 3 rings (SSSR count). The van der Waals surface area contributed by atoms with Crippen molar-refractivity contribution in [3.8, 4) is 0 Å². The van der Waals surface area contributed by atoms with Gasteiger partial charge in [-0.25, -0.2) is 9.97 Å². The van der Waals surface area contributed by atoms with E-state index in [1.807, 2.05) is 18.2 Å². The molecule has 2 heterocycles. The Kier molecular flexibility index (Phi) is 0.913. The van der Waals surface area contributed by atoms with Gasteiger partial charge in [0.05, 0.1) is 22.3 Å². The molecule has 0 aromatic carbocycles. The van der Waals surface area contributed by atoms with E-state index >= 15 is 0 Å². The Balaban J connectivity index is 2.64. The van der Waals surface area contributed by atoms with Crippen LogP contribution in [0.3, 0.4) is 0 Å². The topological polar surface area (TPSA) is 38.7 Å². The third-order valence-electron chi connectivity index (χ3n) is 2.01. The maximum absolute atomic E-state index is 4.21. The predicted octanol–water partition coefficient (Wildman–Crippen LogP) is 1.51. The lowest BCUT2D eigenvalue weighted by atomic mass is 10.2. The molecule has 0 unspecified atom stereocenters. The minimum Gasteiger partial charge on any atom is -0.256 e. The molecule has 0 atom stereocenters. The van der Waals surface area contributed by atoms with Crippen LogP contribution in [0.5, 0.6) is 0 Å². The van der Waals surface area contributed by atoms with Crippen LogP contribution in [0, 0.1) is 0 Å². The van der Waals surface area contributed by atoms with E-state index in [0.717, 1.165) is 22.3 Å². The number of nitrogens with zero attached hydrogens (tertiary/aromatic N) is 3. The summed E-state index contributed by atoms with van der Waals surface area (Å²) in [6.45, 7) is 0. The van der Waals surface area contributed by atoms with Gasteiger partial charge in [-0.3, -0.25) is 4.98 Å². The van der Waals surface area contributed by atoms with Crippen LogP contribution in [0.4, 0.5) is 0 Å². The van der Waals surface area contributed by atoms with Crippen LogP contribution in [0.2, 0.25) is 0 Å². The second-order valence-electron chi connectivity index (χ2n) is 2.68. The summed E-state index contributed by atoms with van der Waals surface area (Å²) in [6, 6.07) is 1.90. The molecule has 1 aliphatic rings. The Labute approximate surface area is 68.8 Å². The van der Waals surface area contributed by atoms with Gasteiger partial charge in [-0.05, 0) is 18.2 Å². The highest BCUT2D eigenvalue weighted by Gasteiger charge is 2.10. The fourth-order valence-electron chi connectivity index (χ4n) is 1.47. The maximum Gasteiger partial charge on any atom is 0.116 e. The summed E-state index contributed by atoms with van der Waals surface area (Å²) in [6.07, 6.45) is 7.28. The van der Waals surface area contributed by atoms with Crippen molar-refractivity contribution in [2.24, 2.45) is 0 Å². The van der Waals surface area contributed by atoms with Gasteiger partial charge in [-0.1, -0.05) is 0 Å². The van der Waals surface area contributed by atoms with Crippen LogP contribution >= 0.6 is 0 Å². The van der Waals surface area contributed by atoms with Gasteiger partial charge in [0.25, 0.3) is 0 Å². The largest absolute Gasteiger partial charge is 0.256 e. The van der Waals surface area contributed by atoms with Crippen LogP contribution in [0.15, 0.2) is 18.6 Å². The van der Waals surface area contributed by atoms with E-state index in [1.165, 1.54) is 0 Å². The van der Waals surface area contributed by atoms with Crippen LogP contribution < -0.4 is 0 Å². The van der Waals surface area contributed by atoms with Crippen molar-refractivity contribution in [3.05, 3.63) is 30.0 Å². The average Bonchev–Trinajstić information content (AvgIpc) is 2.52. The molecule has 0 N–H and O–H groups in total. The zero-order chi connectivity index (χ0) is 7.97. The molecule has 0 amide bonds. The summed E-state index contributed by atoms with van der Waals surface area (Å²) in [5.41, 5.74) is 2.92. The number of rotatable bonds is 0. The van der Waals surface area contributed by atoms with E-state index in [2.05, 4.69) is 15.0 Å². The molecule has 1 aliphatic carbocycles. The molecule has 56 valence electrons. The summed E-state index contributed by atoms with van der Waals surface area (Å²) >= 11 is 0. The van der Waals surface area contributed by atoms with Crippen molar-refractivity contribution in [2.75, 3.05) is 0 Å². The zero-order valence-corrected chi connectivity index (χ0v) is 6.23. The van der Waals surface area contributed by atoms with Crippen LogP contribution in [-0.4, -0.2) is 15.0 Å². The first kappa shape index (κ1) is 5.83. The molecule has 3 nitrogen and oxygen atoms in total. The lowest BCUT2D eigenvalue weighted by molar-refractivity contribution is 1.19. The number of pyridine rings is 1. The number of hydrogen-bond donors (Lipinski definition) is 0. The van der Waals surface area contributed by atoms with Gasteiger partial charge in [0, 0.05) is 6.20 Å². The molecule has 0 bridgehead atoms. The first-order valence-electron chi connectivity index (χ1n) is 3.73. The van der Waals surface area contributed by atoms with E-state index in [9.17, 15) is 0 Å². The van der Waals surface area contributed by atoms with E-state index in [-0.39, 0.29) is 0 Å². The fraction of sp³-hybridized carbons (Fsp3) is 0. The first-order chi connectivity index (χ1) is 5.95. The first-order valence-corrected chi connectivity index (χ1v) is 3.73. The van der Waals surface area contributed by atoms with Gasteiger partial charge >= 0.3 is 0 Å². The highest BCUT2D eigenvalue weighted by Crippen LogP contribution is 2.25. The summed E-state index contributed by atoms with van der Waals surface area (Å²) in [4.78, 5) is 12.5. The maximum atomic E-state index is 4.21. The highest BCUT2D eigenvalue weighted by atomic mass is 14.8. The SMILES string of the molecule is C1=Cc2ncnc3ccnc1c23. The van der Waals surface area contributed by atoms with E-state index in [4.69, 9.17) is 0 Å². The van der Waals surface area contributed by atoms with E-state index in [0.29, 0.717) is 0 Å². The predicted molar refractivity (Wildman–Crippen MR) is 46.3 cm³/mol. The fourth-order valence-corrected chi connectivity index (χ4v) is 1.47. The second-order valence-corrected chi connectivity index (χ2v) is 2.68. The lowest BCUT2D eigenvalue weighted by Gasteiger charge is -1.96. The smallest absolute Gasteiger partial charge is 0.116 e. The van der Waals surface area contributed by atoms with Crippen molar-refractivity contribution in [1.29, 1.82) is 0 Å². The molecule has 0 saturated carbocycles. The summed E-state index contributed by atoms with van der Waals surface area (Å²) in [5.74, 6) is 0. The molecule has 0 saturated heterocycles. The van der Waals surface area contributed by atoms with Gasteiger partial charge in [-0.2, -0.15) is 0 Å². The van der Waals surface area contributed by atoms with Gasteiger partial charge in [-0.15, -0.1) is 0 Å². The zero-order valence-electron chi connectivity index (χ0n) is 6.23. The Morgan fingerprint density at radius 3 is 2.67 bits per heavy atom. The van der Waals surface area contributed by atoms with Crippen molar-refractivity contribution >= 4 is 23.1 Å². The van der Waals surface area contributed by atoms with Gasteiger partial charge in [0.1, 0.15) is 6.33 Å². The molecular formula is C9H5N3. The minimum atomic E-state index is 0.968. The molecule has 2 aromatic rings. The Morgan fingerprint density at radius 2 is 1.75 bits per heavy atom. The average molecular weight is 155 g/mol. The van der Waals surface area contributed by atoms with Crippen molar-refractivity contribution < 1.29 is 0 Å². The van der Waals surface area contributed by atoms with Crippen LogP contribution in [-0.2, 0) is 0 Å². The van der Waals surface area contributed by atoms with Gasteiger partial charge in [0.15, 0.2) is 0 Å².